The highest BCUT2D eigenvalue weighted by atomic mass is 32.2. The quantitative estimate of drug-likeness (QED) is 0.562. The van der Waals surface area contributed by atoms with Crippen LogP contribution >= 0.6 is 0 Å². The molecule has 0 saturated carbocycles. The van der Waals surface area contributed by atoms with Crippen molar-refractivity contribution in [2.75, 3.05) is 5.75 Å². The van der Waals surface area contributed by atoms with Crippen LogP contribution in [-0.2, 0) is 9.84 Å². The van der Waals surface area contributed by atoms with Gasteiger partial charge in [0.15, 0.2) is 9.84 Å². The Hall–Kier alpha value is -1.62. The van der Waals surface area contributed by atoms with E-state index >= 15 is 0 Å². The lowest BCUT2D eigenvalue weighted by Gasteiger charge is -2.05. The van der Waals surface area contributed by atoms with Crippen LogP contribution in [0.15, 0.2) is 41.8 Å². The number of benzene rings is 1. The zero-order valence-corrected chi connectivity index (χ0v) is 12.4. The van der Waals surface area contributed by atoms with Crippen LogP contribution in [0.5, 0.6) is 0 Å². The molecule has 0 aliphatic heterocycles. The third kappa shape index (κ3) is 5.17. The highest BCUT2D eigenvalue weighted by molar-refractivity contribution is 7.91. The van der Waals surface area contributed by atoms with Crippen molar-refractivity contribution in [1.82, 2.24) is 0 Å². The van der Waals surface area contributed by atoms with E-state index in [4.69, 9.17) is 5.73 Å². The van der Waals surface area contributed by atoms with E-state index in [1.54, 1.807) is 0 Å². The molecule has 20 heavy (non-hydrogen) atoms. The molecular weight excluding hydrogens is 274 g/mol. The van der Waals surface area contributed by atoms with E-state index in [9.17, 15) is 13.2 Å². The molecule has 0 heterocycles. The lowest BCUT2D eigenvalue weighted by Crippen LogP contribution is -2.12. The van der Waals surface area contributed by atoms with E-state index in [-0.39, 0.29) is 10.6 Å². The number of carbonyl (C=O) groups excluding carboxylic acids is 1. The van der Waals surface area contributed by atoms with Gasteiger partial charge < -0.3 is 5.73 Å². The molecule has 0 aliphatic carbocycles. The Balaban J connectivity index is 2.51. The second-order valence-electron chi connectivity index (χ2n) is 4.70. The fourth-order valence-electron chi connectivity index (χ4n) is 1.88. The molecule has 0 fully saturated rings. The molecule has 0 bridgehead atoms. The summed E-state index contributed by atoms with van der Waals surface area (Å²) in [5, 5.41) is 0. The van der Waals surface area contributed by atoms with E-state index in [0.29, 0.717) is 12.0 Å². The molecule has 1 amide bonds. The molecule has 0 atom stereocenters. The fraction of sp³-hybridized carbons (Fsp3) is 0.400. The molecular formula is C15H21NO3S. The molecule has 1 rings (SSSR count). The third-order valence-corrected chi connectivity index (χ3v) is 4.89. The van der Waals surface area contributed by atoms with Gasteiger partial charge in [-0.05, 0) is 43.5 Å². The van der Waals surface area contributed by atoms with Gasteiger partial charge in [-0.1, -0.05) is 18.9 Å². The molecule has 1 aromatic rings. The number of amides is 1. The number of rotatable bonds is 9. The van der Waals surface area contributed by atoms with Gasteiger partial charge in [0.05, 0.1) is 10.6 Å². The van der Waals surface area contributed by atoms with Gasteiger partial charge in [-0.2, -0.15) is 0 Å². The number of hydrogen-bond donors (Lipinski definition) is 1. The van der Waals surface area contributed by atoms with Crippen molar-refractivity contribution in [1.29, 1.82) is 0 Å². The van der Waals surface area contributed by atoms with E-state index in [2.05, 4.69) is 6.58 Å². The Labute approximate surface area is 120 Å². The zero-order chi connectivity index (χ0) is 15.0. The molecule has 2 N–H and O–H groups in total. The fourth-order valence-corrected chi connectivity index (χ4v) is 3.25. The van der Waals surface area contributed by atoms with Crippen LogP contribution in [0.3, 0.4) is 0 Å². The first kappa shape index (κ1) is 16.4. The first-order chi connectivity index (χ1) is 9.47. The largest absolute Gasteiger partial charge is 0.366 e. The average Bonchev–Trinajstić information content (AvgIpc) is 2.43. The van der Waals surface area contributed by atoms with Crippen LogP contribution in [0.4, 0.5) is 0 Å². The summed E-state index contributed by atoms with van der Waals surface area (Å²) in [6.07, 6.45) is 6.46. The van der Waals surface area contributed by atoms with E-state index in [0.717, 1.165) is 25.7 Å². The van der Waals surface area contributed by atoms with E-state index in [1.165, 1.54) is 24.3 Å². The predicted octanol–water partition coefficient (Wildman–Crippen LogP) is 2.70. The van der Waals surface area contributed by atoms with E-state index in [1.807, 2.05) is 6.08 Å². The minimum atomic E-state index is -3.27. The number of carbonyl (C=O) groups is 1. The van der Waals surface area contributed by atoms with Crippen molar-refractivity contribution in [3.05, 3.63) is 42.5 Å². The Kier molecular flexibility index (Phi) is 6.45. The van der Waals surface area contributed by atoms with Crippen molar-refractivity contribution in [2.24, 2.45) is 5.73 Å². The number of primary amides is 1. The maximum Gasteiger partial charge on any atom is 0.248 e. The molecule has 110 valence electrons. The summed E-state index contributed by atoms with van der Waals surface area (Å²) in [5.74, 6) is -0.423. The highest BCUT2D eigenvalue weighted by Gasteiger charge is 2.14. The molecule has 0 unspecified atom stereocenters. The van der Waals surface area contributed by atoms with Gasteiger partial charge in [0, 0.05) is 5.56 Å². The molecule has 0 aliphatic rings. The van der Waals surface area contributed by atoms with Gasteiger partial charge in [0.25, 0.3) is 0 Å². The number of nitrogens with two attached hydrogens (primary N) is 1. The van der Waals surface area contributed by atoms with Gasteiger partial charge >= 0.3 is 0 Å². The normalized spacial score (nSPS) is 11.2. The van der Waals surface area contributed by atoms with Gasteiger partial charge in [0.1, 0.15) is 0 Å². The Morgan fingerprint density at radius 3 is 2.25 bits per heavy atom. The number of sulfone groups is 1. The van der Waals surface area contributed by atoms with Crippen LogP contribution in [0.2, 0.25) is 0 Å². The first-order valence-corrected chi connectivity index (χ1v) is 8.36. The monoisotopic (exact) mass is 295 g/mol. The van der Waals surface area contributed by atoms with E-state index < -0.39 is 15.7 Å². The van der Waals surface area contributed by atoms with Crippen molar-refractivity contribution >= 4 is 15.7 Å². The standard InChI is InChI=1S/C15H21NO3S/c1-2-3-4-5-6-7-12-20(18,19)14-10-8-13(9-11-14)15(16)17/h2,8-11H,1,3-7,12H2,(H2,16,17). The minimum Gasteiger partial charge on any atom is -0.366 e. The summed E-state index contributed by atoms with van der Waals surface area (Å²) in [7, 11) is -3.27. The van der Waals surface area contributed by atoms with Crippen LogP contribution < -0.4 is 5.73 Å². The van der Waals surface area contributed by atoms with Crippen LogP contribution in [-0.4, -0.2) is 20.1 Å². The smallest absolute Gasteiger partial charge is 0.248 e. The second kappa shape index (κ2) is 7.85. The minimum absolute atomic E-state index is 0.136. The second-order valence-corrected chi connectivity index (χ2v) is 6.81. The maximum absolute atomic E-state index is 12.1. The number of unbranched alkanes of at least 4 members (excludes halogenated alkanes) is 4. The van der Waals surface area contributed by atoms with Gasteiger partial charge in [-0.15, -0.1) is 6.58 Å². The zero-order valence-electron chi connectivity index (χ0n) is 11.5. The summed E-state index contributed by atoms with van der Waals surface area (Å²) < 4.78 is 24.1. The van der Waals surface area contributed by atoms with Crippen molar-refractivity contribution < 1.29 is 13.2 Å². The summed E-state index contributed by atoms with van der Waals surface area (Å²) >= 11 is 0. The van der Waals surface area contributed by atoms with Crippen LogP contribution in [0.25, 0.3) is 0 Å². The molecule has 4 nitrogen and oxygen atoms in total. The van der Waals surface area contributed by atoms with Gasteiger partial charge in [-0.25, -0.2) is 8.42 Å². The average molecular weight is 295 g/mol. The summed E-state index contributed by atoms with van der Waals surface area (Å²) in [4.78, 5) is 11.2. The number of hydrogen-bond acceptors (Lipinski definition) is 3. The predicted molar refractivity (Wildman–Crippen MR) is 80.3 cm³/mol. The molecule has 5 heteroatoms. The Morgan fingerprint density at radius 2 is 1.70 bits per heavy atom. The Morgan fingerprint density at radius 1 is 1.10 bits per heavy atom. The molecule has 1 aromatic carbocycles. The molecule has 0 radical (unpaired) electrons. The van der Waals surface area contributed by atoms with Crippen molar-refractivity contribution in [3.8, 4) is 0 Å². The topological polar surface area (TPSA) is 77.2 Å². The number of allylic oxidation sites excluding steroid dienone is 1. The molecule has 0 aromatic heterocycles. The lowest BCUT2D eigenvalue weighted by molar-refractivity contribution is 0.1000. The Bertz CT molecular complexity index is 547. The van der Waals surface area contributed by atoms with Crippen molar-refractivity contribution in [3.63, 3.8) is 0 Å². The summed E-state index contributed by atoms with van der Waals surface area (Å²) in [6, 6.07) is 5.76. The van der Waals surface area contributed by atoms with Crippen LogP contribution in [0.1, 0.15) is 42.5 Å². The van der Waals surface area contributed by atoms with Gasteiger partial charge in [-0.3, -0.25) is 4.79 Å². The first-order valence-electron chi connectivity index (χ1n) is 6.71. The van der Waals surface area contributed by atoms with Gasteiger partial charge in [0.2, 0.25) is 5.91 Å². The highest BCUT2D eigenvalue weighted by Crippen LogP contribution is 2.15. The maximum atomic E-state index is 12.1. The summed E-state index contributed by atoms with van der Waals surface area (Å²) in [5.41, 5.74) is 5.43. The van der Waals surface area contributed by atoms with Crippen LogP contribution in [0, 0.1) is 0 Å². The molecule has 0 spiro atoms. The summed E-state index contributed by atoms with van der Waals surface area (Å²) in [6.45, 7) is 3.65. The SMILES string of the molecule is C=CCCCCCCS(=O)(=O)c1ccc(C(N)=O)cc1. The lowest BCUT2D eigenvalue weighted by atomic mass is 10.2. The third-order valence-electron chi connectivity index (χ3n) is 3.07. The molecule has 0 saturated heterocycles. The van der Waals surface area contributed by atoms with Crippen molar-refractivity contribution in [2.45, 2.75) is 37.0 Å².